The molecule has 1 aromatic carbocycles. The van der Waals surface area contributed by atoms with Crippen molar-refractivity contribution in [2.45, 2.75) is 25.0 Å². The third kappa shape index (κ3) is 5.23. The van der Waals surface area contributed by atoms with Crippen molar-refractivity contribution < 1.29 is 14.7 Å². The van der Waals surface area contributed by atoms with Gasteiger partial charge in [0.2, 0.25) is 5.91 Å². The average molecular weight is 267 g/mol. The topological polar surface area (TPSA) is 66.4 Å². The normalized spacial score (nSPS) is 11.9. The molecule has 1 atom stereocenters. The van der Waals surface area contributed by atoms with Gasteiger partial charge in [0.25, 0.3) is 0 Å². The van der Waals surface area contributed by atoms with E-state index in [-0.39, 0.29) is 17.6 Å². The first-order valence-corrected chi connectivity index (χ1v) is 6.93. The smallest absolute Gasteiger partial charge is 0.307 e. The molecule has 1 rings (SSSR count). The van der Waals surface area contributed by atoms with Crippen LogP contribution in [0.25, 0.3) is 0 Å². The van der Waals surface area contributed by atoms with Crippen LogP contribution in [0.5, 0.6) is 0 Å². The molecule has 0 fully saturated rings. The van der Waals surface area contributed by atoms with Gasteiger partial charge in [-0.2, -0.15) is 11.8 Å². The van der Waals surface area contributed by atoms with E-state index in [2.05, 4.69) is 5.32 Å². The molecular formula is C13H17NO3S. The molecule has 98 valence electrons. The van der Waals surface area contributed by atoms with E-state index < -0.39 is 5.97 Å². The van der Waals surface area contributed by atoms with Gasteiger partial charge in [0.15, 0.2) is 0 Å². The minimum atomic E-state index is -0.861. The summed E-state index contributed by atoms with van der Waals surface area (Å²) in [6, 6.07) is 6.86. The lowest BCUT2D eigenvalue weighted by atomic mass is 10.1. The first-order chi connectivity index (χ1) is 8.51. The van der Waals surface area contributed by atoms with Crippen molar-refractivity contribution in [1.29, 1.82) is 0 Å². The lowest BCUT2D eigenvalue weighted by Gasteiger charge is -2.09. The van der Waals surface area contributed by atoms with Gasteiger partial charge < -0.3 is 10.4 Å². The maximum atomic E-state index is 11.6. The van der Waals surface area contributed by atoms with Crippen LogP contribution in [0.1, 0.15) is 18.9 Å². The number of carbonyl (C=O) groups excluding carboxylic acids is 1. The third-order valence-electron chi connectivity index (χ3n) is 2.47. The number of carbonyl (C=O) groups is 2. The molecule has 1 aromatic rings. The van der Waals surface area contributed by atoms with E-state index in [1.54, 1.807) is 36.0 Å². The summed E-state index contributed by atoms with van der Waals surface area (Å²) in [6.07, 6.45) is 2.44. The second-order valence-corrected chi connectivity index (χ2v) is 5.34. The molecule has 0 saturated heterocycles. The highest BCUT2D eigenvalue weighted by molar-refractivity contribution is 7.99. The second-order valence-electron chi connectivity index (χ2n) is 4.07. The minimum absolute atomic E-state index is 0.00225. The van der Waals surface area contributed by atoms with Gasteiger partial charge in [-0.3, -0.25) is 9.59 Å². The zero-order valence-electron chi connectivity index (χ0n) is 10.5. The Kier molecular flexibility index (Phi) is 5.71. The number of rotatable bonds is 6. The maximum Gasteiger partial charge on any atom is 0.307 e. The fourth-order valence-corrected chi connectivity index (χ4v) is 1.76. The number of hydrogen-bond acceptors (Lipinski definition) is 3. The monoisotopic (exact) mass is 267 g/mol. The second kappa shape index (κ2) is 7.06. The minimum Gasteiger partial charge on any atom is -0.481 e. The van der Waals surface area contributed by atoms with E-state index in [0.29, 0.717) is 12.1 Å². The molecule has 4 nitrogen and oxygen atoms in total. The summed E-state index contributed by atoms with van der Waals surface area (Å²) < 4.78 is 0. The highest BCUT2D eigenvalue weighted by atomic mass is 32.2. The summed E-state index contributed by atoms with van der Waals surface area (Å²) in [6.45, 7) is 2.00. The van der Waals surface area contributed by atoms with Crippen molar-refractivity contribution >= 4 is 29.3 Å². The molecule has 0 spiro atoms. The van der Waals surface area contributed by atoms with Gasteiger partial charge in [0.1, 0.15) is 0 Å². The van der Waals surface area contributed by atoms with E-state index in [4.69, 9.17) is 5.11 Å². The number of nitrogens with one attached hydrogen (secondary N) is 1. The average Bonchev–Trinajstić information content (AvgIpc) is 2.30. The van der Waals surface area contributed by atoms with Crippen molar-refractivity contribution in [3.63, 3.8) is 0 Å². The highest BCUT2D eigenvalue weighted by Crippen LogP contribution is 2.13. The number of amides is 1. The van der Waals surface area contributed by atoms with Crippen LogP contribution in [-0.2, 0) is 16.0 Å². The van der Waals surface area contributed by atoms with Crippen molar-refractivity contribution in [3.8, 4) is 0 Å². The summed E-state index contributed by atoms with van der Waals surface area (Å²) in [5.41, 5.74) is 1.42. The van der Waals surface area contributed by atoms with E-state index in [1.165, 1.54) is 0 Å². The Labute approximate surface area is 111 Å². The summed E-state index contributed by atoms with van der Waals surface area (Å²) in [5, 5.41) is 11.7. The number of carboxylic acid groups (broad SMARTS) is 1. The predicted molar refractivity (Wildman–Crippen MR) is 74.0 cm³/mol. The molecule has 18 heavy (non-hydrogen) atoms. The summed E-state index contributed by atoms with van der Waals surface area (Å²) >= 11 is 1.65. The van der Waals surface area contributed by atoms with Crippen molar-refractivity contribution in [2.24, 2.45) is 0 Å². The van der Waals surface area contributed by atoms with Crippen LogP contribution in [0.15, 0.2) is 24.3 Å². The molecule has 1 unspecified atom stereocenters. The van der Waals surface area contributed by atoms with Gasteiger partial charge in [-0.1, -0.05) is 19.1 Å². The Morgan fingerprint density at radius 1 is 1.33 bits per heavy atom. The Balaban J connectivity index is 2.53. The van der Waals surface area contributed by atoms with Gasteiger partial charge in [-0.05, 0) is 24.0 Å². The molecule has 0 bridgehead atoms. The van der Waals surface area contributed by atoms with Crippen LogP contribution in [-0.4, -0.2) is 28.5 Å². The SMILES string of the molecule is CSC(C)CC(=O)Nc1ccc(CC(=O)O)cc1. The van der Waals surface area contributed by atoms with E-state index in [9.17, 15) is 9.59 Å². The van der Waals surface area contributed by atoms with Gasteiger partial charge >= 0.3 is 5.97 Å². The lowest BCUT2D eigenvalue weighted by Crippen LogP contribution is -2.16. The molecule has 0 saturated carbocycles. The number of anilines is 1. The van der Waals surface area contributed by atoms with E-state index in [0.717, 1.165) is 5.56 Å². The van der Waals surface area contributed by atoms with Crippen molar-refractivity contribution in [3.05, 3.63) is 29.8 Å². The van der Waals surface area contributed by atoms with E-state index in [1.807, 2.05) is 13.2 Å². The lowest BCUT2D eigenvalue weighted by molar-refractivity contribution is -0.136. The molecule has 0 aliphatic heterocycles. The number of aliphatic carboxylic acids is 1. The first kappa shape index (κ1) is 14.6. The quantitative estimate of drug-likeness (QED) is 0.830. The number of carboxylic acids is 1. The fourth-order valence-electron chi connectivity index (χ4n) is 1.44. The van der Waals surface area contributed by atoms with Gasteiger partial charge in [-0.25, -0.2) is 0 Å². The van der Waals surface area contributed by atoms with Crippen LogP contribution >= 0.6 is 11.8 Å². The summed E-state index contributed by atoms with van der Waals surface area (Å²) in [4.78, 5) is 22.1. The van der Waals surface area contributed by atoms with Crippen LogP contribution in [0.2, 0.25) is 0 Å². The molecule has 0 aliphatic rings. The highest BCUT2D eigenvalue weighted by Gasteiger charge is 2.08. The first-order valence-electron chi connectivity index (χ1n) is 5.64. The molecule has 1 amide bonds. The van der Waals surface area contributed by atoms with Gasteiger partial charge in [0, 0.05) is 17.4 Å². The van der Waals surface area contributed by atoms with Crippen LogP contribution in [0.4, 0.5) is 5.69 Å². The molecular weight excluding hydrogens is 250 g/mol. The number of benzene rings is 1. The zero-order valence-corrected chi connectivity index (χ0v) is 11.3. The zero-order chi connectivity index (χ0) is 13.5. The predicted octanol–water partition coefficient (Wildman–Crippen LogP) is 2.39. The van der Waals surface area contributed by atoms with Crippen molar-refractivity contribution in [2.75, 3.05) is 11.6 Å². The molecule has 0 heterocycles. The molecule has 5 heteroatoms. The van der Waals surface area contributed by atoms with Crippen LogP contribution in [0, 0.1) is 0 Å². The van der Waals surface area contributed by atoms with Gasteiger partial charge in [0.05, 0.1) is 6.42 Å². The Morgan fingerprint density at radius 3 is 2.44 bits per heavy atom. The summed E-state index contributed by atoms with van der Waals surface area (Å²) in [5.74, 6) is -0.886. The Bertz CT molecular complexity index is 417. The van der Waals surface area contributed by atoms with Crippen molar-refractivity contribution in [1.82, 2.24) is 0 Å². The van der Waals surface area contributed by atoms with Crippen LogP contribution < -0.4 is 5.32 Å². The van der Waals surface area contributed by atoms with Crippen LogP contribution in [0.3, 0.4) is 0 Å². The third-order valence-corrected chi connectivity index (χ3v) is 3.44. The van der Waals surface area contributed by atoms with E-state index >= 15 is 0 Å². The standard InChI is InChI=1S/C13H17NO3S/c1-9(18-2)7-12(15)14-11-5-3-10(4-6-11)8-13(16)17/h3-6,9H,7-8H2,1-2H3,(H,14,15)(H,16,17). The van der Waals surface area contributed by atoms with Gasteiger partial charge in [-0.15, -0.1) is 0 Å². The largest absolute Gasteiger partial charge is 0.481 e. The molecule has 0 aliphatic carbocycles. The molecule has 2 N–H and O–H groups in total. The molecule has 0 radical (unpaired) electrons. The fraction of sp³-hybridized carbons (Fsp3) is 0.385. The Morgan fingerprint density at radius 2 is 1.94 bits per heavy atom. The number of hydrogen-bond donors (Lipinski definition) is 2. The Hall–Kier alpha value is -1.49. The number of thioether (sulfide) groups is 1. The molecule has 0 aromatic heterocycles. The maximum absolute atomic E-state index is 11.6. The summed E-state index contributed by atoms with van der Waals surface area (Å²) in [7, 11) is 0.